The van der Waals surface area contributed by atoms with Gasteiger partial charge in [-0.2, -0.15) is 0 Å². The highest BCUT2D eigenvalue weighted by Gasteiger charge is 2.18. The summed E-state index contributed by atoms with van der Waals surface area (Å²) in [5.74, 6) is 0.857. The number of likely N-dealkylation sites (tertiary alicyclic amines) is 1. The van der Waals surface area contributed by atoms with Gasteiger partial charge in [0.25, 0.3) is 0 Å². The molecular formula is C12H25NO. The molecule has 2 heteroatoms. The van der Waals surface area contributed by atoms with E-state index in [0.717, 1.165) is 12.5 Å². The standard InChI is InChI=1S/C12H25NO/c1-12(2,3)14-9-7-11-6-5-8-13(4)10-11/h11H,5-10H2,1-4H3. The first kappa shape index (κ1) is 12.0. The Balaban J connectivity index is 2.12. The molecule has 1 saturated heterocycles. The van der Waals surface area contributed by atoms with E-state index in [9.17, 15) is 0 Å². The molecule has 1 heterocycles. The van der Waals surface area contributed by atoms with Crippen molar-refractivity contribution in [2.45, 2.75) is 45.6 Å². The number of hydrogen-bond donors (Lipinski definition) is 0. The van der Waals surface area contributed by atoms with E-state index in [1.54, 1.807) is 0 Å². The number of hydrogen-bond acceptors (Lipinski definition) is 2. The van der Waals surface area contributed by atoms with E-state index in [1.165, 1.54) is 32.4 Å². The van der Waals surface area contributed by atoms with E-state index in [-0.39, 0.29) is 5.60 Å². The van der Waals surface area contributed by atoms with Gasteiger partial charge in [0.05, 0.1) is 5.60 Å². The van der Waals surface area contributed by atoms with Crippen LogP contribution in [0.1, 0.15) is 40.0 Å². The Labute approximate surface area is 88.6 Å². The Bertz CT molecular complexity index is 162. The topological polar surface area (TPSA) is 12.5 Å². The summed E-state index contributed by atoms with van der Waals surface area (Å²) in [4.78, 5) is 2.44. The molecule has 0 bridgehead atoms. The van der Waals surface area contributed by atoms with Gasteiger partial charge in [0.15, 0.2) is 0 Å². The van der Waals surface area contributed by atoms with E-state index in [4.69, 9.17) is 4.74 Å². The zero-order valence-electron chi connectivity index (χ0n) is 10.2. The van der Waals surface area contributed by atoms with Gasteiger partial charge in [0.1, 0.15) is 0 Å². The molecule has 1 fully saturated rings. The van der Waals surface area contributed by atoms with Crippen molar-refractivity contribution >= 4 is 0 Å². The van der Waals surface area contributed by atoms with Crippen LogP contribution in [-0.4, -0.2) is 37.2 Å². The molecule has 0 aromatic heterocycles. The summed E-state index contributed by atoms with van der Waals surface area (Å²) in [7, 11) is 2.22. The number of piperidine rings is 1. The highest BCUT2D eigenvalue weighted by atomic mass is 16.5. The van der Waals surface area contributed by atoms with Crippen LogP contribution in [0.25, 0.3) is 0 Å². The SMILES string of the molecule is CN1CCCC(CCOC(C)(C)C)C1. The van der Waals surface area contributed by atoms with Crippen molar-refractivity contribution in [1.29, 1.82) is 0 Å². The third-order valence-corrected chi connectivity index (χ3v) is 2.78. The van der Waals surface area contributed by atoms with Crippen LogP contribution in [0.5, 0.6) is 0 Å². The van der Waals surface area contributed by atoms with E-state index in [1.807, 2.05) is 0 Å². The van der Waals surface area contributed by atoms with Crippen LogP contribution >= 0.6 is 0 Å². The second-order valence-electron chi connectivity index (χ2n) is 5.52. The van der Waals surface area contributed by atoms with Gasteiger partial charge in [-0.3, -0.25) is 0 Å². The molecular weight excluding hydrogens is 174 g/mol. The van der Waals surface area contributed by atoms with Crippen molar-refractivity contribution in [3.63, 3.8) is 0 Å². The number of rotatable bonds is 3. The summed E-state index contributed by atoms with van der Waals surface area (Å²) >= 11 is 0. The summed E-state index contributed by atoms with van der Waals surface area (Å²) < 4.78 is 5.75. The molecule has 0 saturated carbocycles. The van der Waals surface area contributed by atoms with Crippen molar-refractivity contribution in [1.82, 2.24) is 4.90 Å². The van der Waals surface area contributed by atoms with Gasteiger partial charge in [0, 0.05) is 13.2 Å². The Morgan fingerprint density at radius 3 is 2.64 bits per heavy atom. The maximum absolute atomic E-state index is 5.75. The quantitative estimate of drug-likeness (QED) is 0.692. The molecule has 2 nitrogen and oxygen atoms in total. The lowest BCUT2D eigenvalue weighted by Crippen LogP contribution is -2.33. The minimum Gasteiger partial charge on any atom is -0.376 e. The summed E-state index contributed by atoms with van der Waals surface area (Å²) in [5.41, 5.74) is 0.0283. The van der Waals surface area contributed by atoms with E-state index >= 15 is 0 Å². The maximum atomic E-state index is 5.75. The Kier molecular flexibility index (Phi) is 4.39. The third-order valence-electron chi connectivity index (χ3n) is 2.78. The van der Waals surface area contributed by atoms with Crippen molar-refractivity contribution < 1.29 is 4.74 Å². The first-order valence-electron chi connectivity index (χ1n) is 5.80. The zero-order chi connectivity index (χ0) is 10.6. The van der Waals surface area contributed by atoms with Gasteiger partial charge in [-0.15, -0.1) is 0 Å². The molecule has 0 spiro atoms. The monoisotopic (exact) mass is 199 g/mol. The molecule has 1 rings (SSSR count). The molecule has 0 N–H and O–H groups in total. The lowest BCUT2D eigenvalue weighted by atomic mass is 9.95. The molecule has 1 atom stereocenters. The zero-order valence-corrected chi connectivity index (χ0v) is 10.2. The lowest BCUT2D eigenvalue weighted by molar-refractivity contribution is -0.0127. The molecule has 0 amide bonds. The van der Waals surface area contributed by atoms with Crippen LogP contribution < -0.4 is 0 Å². The summed E-state index contributed by atoms with van der Waals surface area (Å²) in [6.07, 6.45) is 3.97. The Morgan fingerprint density at radius 2 is 2.07 bits per heavy atom. The van der Waals surface area contributed by atoms with Crippen molar-refractivity contribution in [3.05, 3.63) is 0 Å². The van der Waals surface area contributed by atoms with Crippen LogP contribution in [0.3, 0.4) is 0 Å². The number of ether oxygens (including phenoxy) is 1. The van der Waals surface area contributed by atoms with Crippen LogP contribution in [0.15, 0.2) is 0 Å². The predicted octanol–water partition coefficient (Wildman–Crippen LogP) is 2.53. The lowest BCUT2D eigenvalue weighted by Gasteiger charge is -2.30. The normalized spacial score (nSPS) is 25.3. The highest BCUT2D eigenvalue weighted by Crippen LogP contribution is 2.19. The predicted molar refractivity (Wildman–Crippen MR) is 60.5 cm³/mol. The minimum atomic E-state index is 0.0283. The summed E-state index contributed by atoms with van der Waals surface area (Å²) in [6, 6.07) is 0. The molecule has 0 aliphatic carbocycles. The maximum Gasteiger partial charge on any atom is 0.0598 e. The average molecular weight is 199 g/mol. The highest BCUT2D eigenvalue weighted by molar-refractivity contribution is 4.70. The van der Waals surface area contributed by atoms with Gasteiger partial charge in [-0.25, -0.2) is 0 Å². The largest absolute Gasteiger partial charge is 0.376 e. The Hall–Kier alpha value is -0.0800. The molecule has 84 valence electrons. The first-order chi connectivity index (χ1) is 6.47. The van der Waals surface area contributed by atoms with Gasteiger partial charge >= 0.3 is 0 Å². The third kappa shape index (κ3) is 4.97. The van der Waals surface area contributed by atoms with Gasteiger partial charge in [-0.1, -0.05) is 0 Å². The molecule has 0 aromatic carbocycles. The second-order valence-corrected chi connectivity index (χ2v) is 5.52. The molecule has 0 radical (unpaired) electrons. The van der Waals surface area contributed by atoms with Gasteiger partial charge in [-0.05, 0) is 59.5 Å². The molecule has 1 unspecified atom stereocenters. The molecule has 14 heavy (non-hydrogen) atoms. The van der Waals surface area contributed by atoms with Crippen LogP contribution in [0.2, 0.25) is 0 Å². The van der Waals surface area contributed by atoms with Gasteiger partial charge < -0.3 is 9.64 Å². The van der Waals surface area contributed by atoms with Crippen LogP contribution in [-0.2, 0) is 4.74 Å². The fourth-order valence-corrected chi connectivity index (χ4v) is 2.04. The second kappa shape index (κ2) is 5.13. The molecule has 1 aliphatic heterocycles. The smallest absolute Gasteiger partial charge is 0.0598 e. The number of nitrogens with zero attached hydrogens (tertiary/aromatic N) is 1. The Morgan fingerprint density at radius 1 is 1.36 bits per heavy atom. The summed E-state index contributed by atoms with van der Waals surface area (Å²) in [5, 5.41) is 0. The van der Waals surface area contributed by atoms with Crippen molar-refractivity contribution in [2.24, 2.45) is 5.92 Å². The minimum absolute atomic E-state index is 0.0283. The average Bonchev–Trinajstić information content (AvgIpc) is 2.01. The fraction of sp³-hybridized carbons (Fsp3) is 1.00. The van der Waals surface area contributed by atoms with Crippen molar-refractivity contribution in [2.75, 3.05) is 26.7 Å². The van der Waals surface area contributed by atoms with Crippen LogP contribution in [0.4, 0.5) is 0 Å². The van der Waals surface area contributed by atoms with Gasteiger partial charge in [0.2, 0.25) is 0 Å². The molecule has 1 aliphatic rings. The first-order valence-corrected chi connectivity index (χ1v) is 5.80. The van der Waals surface area contributed by atoms with Crippen molar-refractivity contribution in [3.8, 4) is 0 Å². The summed E-state index contributed by atoms with van der Waals surface area (Å²) in [6.45, 7) is 9.83. The fourth-order valence-electron chi connectivity index (χ4n) is 2.04. The van der Waals surface area contributed by atoms with E-state index < -0.39 is 0 Å². The van der Waals surface area contributed by atoms with Crippen LogP contribution in [0, 0.1) is 5.92 Å². The van der Waals surface area contributed by atoms with E-state index in [2.05, 4.69) is 32.7 Å². The molecule has 0 aromatic rings. The van der Waals surface area contributed by atoms with E-state index in [0.29, 0.717) is 0 Å².